The smallest absolute Gasteiger partial charge is 0.264 e. The van der Waals surface area contributed by atoms with Crippen LogP contribution in [0.3, 0.4) is 0 Å². The molecule has 1 N–H and O–H groups in total. The summed E-state index contributed by atoms with van der Waals surface area (Å²) >= 11 is 0. The van der Waals surface area contributed by atoms with Crippen LogP contribution in [-0.2, 0) is 6.54 Å². The molecule has 1 aliphatic rings. The molecule has 0 spiro atoms. The third-order valence-electron chi connectivity index (χ3n) is 6.47. The molecule has 9 nitrogen and oxygen atoms in total. The van der Waals surface area contributed by atoms with Crippen LogP contribution in [-0.4, -0.2) is 61.0 Å². The molecule has 186 valence electrons. The van der Waals surface area contributed by atoms with Crippen molar-refractivity contribution < 1.29 is 23.4 Å². The van der Waals surface area contributed by atoms with Crippen LogP contribution in [0, 0.1) is 11.6 Å². The monoisotopic (exact) mass is 495 g/mol. The number of methoxy groups -OCH3 is 1. The fourth-order valence-corrected chi connectivity index (χ4v) is 4.41. The van der Waals surface area contributed by atoms with Crippen molar-refractivity contribution in [3.05, 3.63) is 82.5 Å². The van der Waals surface area contributed by atoms with Crippen molar-refractivity contribution in [3.63, 3.8) is 0 Å². The Morgan fingerprint density at radius 1 is 1.14 bits per heavy atom. The average molecular weight is 495 g/mol. The van der Waals surface area contributed by atoms with E-state index in [0.717, 1.165) is 0 Å². The van der Waals surface area contributed by atoms with E-state index < -0.39 is 17.2 Å². The topological polar surface area (TPSA) is 102 Å². The van der Waals surface area contributed by atoms with Gasteiger partial charge in [-0.3, -0.25) is 14.2 Å². The Hall–Kier alpha value is -4.12. The minimum absolute atomic E-state index is 0.00288. The van der Waals surface area contributed by atoms with E-state index in [1.165, 1.54) is 71.3 Å². The Morgan fingerprint density at radius 2 is 1.86 bits per heavy atom. The molecule has 0 atom stereocenters. The van der Waals surface area contributed by atoms with Crippen LogP contribution in [0.1, 0.15) is 23.2 Å². The van der Waals surface area contributed by atoms with Gasteiger partial charge in [-0.25, -0.2) is 18.4 Å². The van der Waals surface area contributed by atoms with Crippen LogP contribution in [0.5, 0.6) is 5.75 Å². The van der Waals surface area contributed by atoms with Crippen LogP contribution >= 0.6 is 0 Å². The van der Waals surface area contributed by atoms with Crippen LogP contribution in [0.25, 0.3) is 16.7 Å². The molecule has 0 unspecified atom stereocenters. The lowest BCUT2D eigenvalue weighted by atomic mass is 9.91. The minimum atomic E-state index is -1.21. The molecule has 2 aromatic carbocycles. The van der Waals surface area contributed by atoms with Crippen molar-refractivity contribution in [2.75, 3.05) is 20.2 Å². The highest BCUT2D eigenvalue weighted by molar-refractivity contribution is 5.94. The molecule has 1 saturated heterocycles. The first-order valence-corrected chi connectivity index (χ1v) is 11.3. The number of amides is 1. The van der Waals surface area contributed by atoms with Crippen LogP contribution in [0.2, 0.25) is 0 Å². The highest BCUT2D eigenvalue weighted by Crippen LogP contribution is 2.26. The zero-order chi connectivity index (χ0) is 25.4. The Kier molecular flexibility index (Phi) is 6.00. The number of carbonyl (C=O) groups excluding carboxylic acids is 1. The van der Waals surface area contributed by atoms with Gasteiger partial charge >= 0.3 is 0 Å². The van der Waals surface area contributed by atoms with Crippen molar-refractivity contribution in [1.82, 2.24) is 24.2 Å². The molecular weight excluding hydrogens is 472 g/mol. The van der Waals surface area contributed by atoms with Gasteiger partial charge in [-0.15, -0.1) is 0 Å². The number of carbonyl (C=O) groups is 1. The molecule has 5 rings (SSSR count). The van der Waals surface area contributed by atoms with Crippen molar-refractivity contribution in [1.29, 1.82) is 0 Å². The molecule has 0 saturated carbocycles. The Morgan fingerprint density at radius 3 is 2.56 bits per heavy atom. The van der Waals surface area contributed by atoms with Crippen LogP contribution in [0.4, 0.5) is 8.78 Å². The van der Waals surface area contributed by atoms with Crippen molar-refractivity contribution in [3.8, 4) is 11.4 Å². The first-order valence-electron chi connectivity index (χ1n) is 11.3. The normalized spacial score (nSPS) is 15.3. The SMILES string of the molecule is COc1cc(-n2ncc3c(=O)n(CC4(O)CCN(C(=O)c5ccc(F)cc5)CC4)cnc32)ccc1F. The highest BCUT2D eigenvalue weighted by atomic mass is 19.1. The van der Waals surface area contributed by atoms with E-state index >= 15 is 0 Å². The Labute approximate surface area is 204 Å². The van der Waals surface area contributed by atoms with Gasteiger partial charge in [0.1, 0.15) is 17.5 Å². The molecule has 1 amide bonds. The Balaban J connectivity index is 1.33. The molecule has 0 bridgehead atoms. The molecule has 4 aromatic rings. The van der Waals surface area contributed by atoms with Gasteiger partial charge in [-0.2, -0.15) is 5.10 Å². The quantitative estimate of drug-likeness (QED) is 0.457. The second kappa shape index (κ2) is 9.15. The summed E-state index contributed by atoms with van der Waals surface area (Å²) in [4.78, 5) is 31.8. The number of aromatic nitrogens is 4. The van der Waals surface area contributed by atoms with Gasteiger partial charge in [-0.05, 0) is 49.2 Å². The van der Waals surface area contributed by atoms with E-state index in [2.05, 4.69) is 10.1 Å². The second-order valence-electron chi connectivity index (χ2n) is 8.81. The summed E-state index contributed by atoms with van der Waals surface area (Å²) < 4.78 is 34.7. The van der Waals surface area contributed by atoms with Crippen molar-refractivity contribution >= 4 is 16.9 Å². The van der Waals surface area contributed by atoms with E-state index in [0.29, 0.717) is 24.3 Å². The summed E-state index contributed by atoms with van der Waals surface area (Å²) in [6, 6.07) is 9.53. The molecular formula is C25H23F2N5O4. The summed E-state index contributed by atoms with van der Waals surface area (Å²) in [5.41, 5.74) is -0.442. The van der Waals surface area contributed by atoms with Crippen molar-refractivity contribution in [2.24, 2.45) is 0 Å². The number of piperidine rings is 1. The van der Waals surface area contributed by atoms with Gasteiger partial charge in [0.2, 0.25) is 0 Å². The van der Waals surface area contributed by atoms with Gasteiger partial charge in [0, 0.05) is 24.7 Å². The third kappa shape index (κ3) is 4.33. The molecule has 2 aromatic heterocycles. The van der Waals surface area contributed by atoms with Crippen LogP contribution in [0.15, 0.2) is 59.8 Å². The number of aliphatic hydroxyl groups is 1. The number of halogens is 2. The van der Waals surface area contributed by atoms with E-state index in [9.17, 15) is 23.5 Å². The number of rotatable bonds is 5. The van der Waals surface area contributed by atoms with Gasteiger partial charge in [0.15, 0.2) is 17.2 Å². The predicted octanol–water partition coefficient (Wildman–Crippen LogP) is 2.54. The average Bonchev–Trinajstić information content (AvgIpc) is 3.31. The fraction of sp³-hybridized carbons (Fsp3) is 0.280. The highest BCUT2D eigenvalue weighted by Gasteiger charge is 2.35. The fourth-order valence-electron chi connectivity index (χ4n) is 4.41. The molecule has 0 radical (unpaired) electrons. The van der Waals surface area contributed by atoms with Gasteiger partial charge < -0.3 is 14.7 Å². The van der Waals surface area contributed by atoms with E-state index in [4.69, 9.17) is 4.74 Å². The zero-order valence-electron chi connectivity index (χ0n) is 19.4. The van der Waals surface area contributed by atoms with Crippen LogP contribution < -0.4 is 10.3 Å². The van der Waals surface area contributed by atoms with Gasteiger partial charge in [0.05, 0.1) is 31.1 Å². The number of fused-ring (bicyclic) bond motifs is 1. The number of benzene rings is 2. The number of nitrogens with zero attached hydrogens (tertiary/aromatic N) is 5. The summed E-state index contributed by atoms with van der Waals surface area (Å²) in [7, 11) is 1.36. The summed E-state index contributed by atoms with van der Waals surface area (Å²) in [6.07, 6.45) is 3.25. The summed E-state index contributed by atoms with van der Waals surface area (Å²) in [5.74, 6) is -1.14. The standard InChI is InChI=1S/C25H23F2N5O4/c1-36-21-12-18(6-7-20(21)27)32-22-19(13-29-32)24(34)31(15-28-22)14-25(35)8-10-30(11-9-25)23(33)16-2-4-17(26)5-3-16/h2-7,12-13,15,35H,8-11,14H2,1H3. The number of hydrogen-bond donors (Lipinski definition) is 1. The lowest BCUT2D eigenvalue weighted by Gasteiger charge is -2.38. The van der Waals surface area contributed by atoms with Crippen molar-refractivity contribution in [2.45, 2.75) is 25.0 Å². The summed E-state index contributed by atoms with van der Waals surface area (Å²) in [5, 5.41) is 15.6. The second-order valence-corrected chi connectivity index (χ2v) is 8.81. The van der Waals surface area contributed by atoms with Gasteiger partial charge in [-0.1, -0.05) is 0 Å². The zero-order valence-corrected chi connectivity index (χ0v) is 19.4. The van der Waals surface area contributed by atoms with Gasteiger partial charge in [0.25, 0.3) is 11.5 Å². The molecule has 1 aliphatic heterocycles. The summed E-state index contributed by atoms with van der Waals surface area (Å²) in [6.45, 7) is 0.589. The number of hydrogen-bond acceptors (Lipinski definition) is 6. The Bertz CT molecular complexity index is 1490. The third-order valence-corrected chi connectivity index (χ3v) is 6.47. The van der Waals surface area contributed by atoms with E-state index in [1.54, 1.807) is 4.90 Å². The maximum atomic E-state index is 13.8. The molecule has 1 fully saturated rings. The van der Waals surface area contributed by atoms with E-state index in [-0.39, 0.29) is 47.6 Å². The van der Waals surface area contributed by atoms with E-state index in [1.807, 2.05) is 0 Å². The minimum Gasteiger partial charge on any atom is -0.494 e. The number of ether oxygens (including phenoxy) is 1. The molecule has 36 heavy (non-hydrogen) atoms. The lowest BCUT2D eigenvalue weighted by molar-refractivity contribution is -0.0299. The maximum absolute atomic E-state index is 13.8. The predicted molar refractivity (Wildman–Crippen MR) is 126 cm³/mol. The first-order chi connectivity index (χ1) is 17.3. The largest absolute Gasteiger partial charge is 0.494 e. The first kappa shape index (κ1) is 23.6. The molecule has 11 heteroatoms. The number of likely N-dealkylation sites (tertiary alicyclic amines) is 1. The lowest BCUT2D eigenvalue weighted by Crippen LogP contribution is -2.49. The molecule has 3 heterocycles. The molecule has 0 aliphatic carbocycles. The maximum Gasteiger partial charge on any atom is 0.264 e.